The van der Waals surface area contributed by atoms with E-state index in [1.807, 2.05) is 51.1 Å². The first kappa shape index (κ1) is 20.0. The molecule has 0 fully saturated rings. The average Bonchev–Trinajstić information content (AvgIpc) is 3.23. The van der Waals surface area contributed by atoms with Gasteiger partial charge in [0.2, 0.25) is 0 Å². The molecule has 2 aromatic heterocycles. The molecule has 4 rings (SSSR count). The van der Waals surface area contributed by atoms with Crippen molar-refractivity contribution in [2.45, 2.75) is 34.3 Å². The molecule has 0 saturated heterocycles. The van der Waals surface area contributed by atoms with E-state index in [4.69, 9.17) is 4.74 Å². The van der Waals surface area contributed by atoms with E-state index >= 15 is 0 Å². The molecule has 0 saturated carbocycles. The number of nitrogens with zero attached hydrogens (tertiary/aromatic N) is 5. The molecule has 8 heteroatoms. The number of tetrazole rings is 1. The number of hydrogen-bond acceptors (Lipinski definition) is 6. The van der Waals surface area contributed by atoms with Crippen molar-refractivity contribution in [3.05, 3.63) is 74.1 Å². The maximum Gasteiger partial charge on any atom is 0.368 e. The highest BCUT2D eigenvalue weighted by molar-refractivity contribution is 7.15. The van der Waals surface area contributed by atoms with Crippen molar-refractivity contribution in [2.24, 2.45) is 7.05 Å². The molecule has 4 aromatic rings. The van der Waals surface area contributed by atoms with Gasteiger partial charge in [-0.05, 0) is 73.5 Å². The monoisotopic (exact) mass is 421 g/mol. The average molecular weight is 422 g/mol. The first-order valence-corrected chi connectivity index (χ1v) is 10.4. The van der Waals surface area contributed by atoms with Crippen LogP contribution in [0.1, 0.15) is 27.3 Å². The Morgan fingerprint density at radius 2 is 1.83 bits per heavy atom. The summed E-state index contributed by atoms with van der Waals surface area (Å²) in [5.41, 5.74) is 5.49. The fourth-order valence-electron chi connectivity index (χ4n) is 3.23. The van der Waals surface area contributed by atoms with E-state index in [2.05, 4.69) is 28.4 Å². The minimum Gasteiger partial charge on any atom is -0.489 e. The van der Waals surface area contributed by atoms with Gasteiger partial charge in [0, 0.05) is 23.1 Å². The van der Waals surface area contributed by atoms with Crippen molar-refractivity contribution in [2.75, 3.05) is 0 Å². The molecule has 154 valence electrons. The Labute approximate surface area is 178 Å². The predicted molar refractivity (Wildman–Crippen MR) is 117 cm³/mol. The van der Waals surface area contributed by atoms with Crippen molar-refractivity contribution in [3.63, 3.8) is 0 Å². The number of rotatable bonds is 5. The summed E-state index contributed by atoms with van der Waals surface area (Å²) in [5.74, 6) is 0.796. The standard InChI is InChI=1S/C22H23N5O2S/c1-13-7-6-8-19(27-22(28)26(5)24-25-27)18(13)12-29-20-10-9-17(11-14(20)2)21-23-15(3)16(4)30-21/h6-11H,12H2,1-5H3. The molecule has 0 amide bonds. The van der Waals surface area contributed by atoms with E-state index in [1.54, 1.807) is 18.4 Å². The second-order valence-electron chi connectivity index (χ2n) is 7.30. The summed E-state index contributed by atoms with van der Waals surface area (Å²) in [4.78, 5) is 18.2. The van der Waals surface area contributed by atoms with E-state index < -0.39 is 0 Å². The highest BCUT2D eigenvalue weighted by Gasteiger charge is 2.14. The molecule has 0 aliphatic rings. The number of hydrogen-bond donors (Lipinski definition) is 0. The Morgan fingerprint density at radius 3 is 2.47 bits per heavy atom. The lowest BCUT2D eigenvalue weighted by atomic mass is 10.1. The van der Waals surface area contributed by atoms with Crippen LogP contribution in [0.4, 0.5) is 0 Å². The Hall–Kier alpha value is -3.26. The second kappa shape index (κ2) is 7.87. The summed E-state index contributed by atoms with van der Waals surface area (Å²) >= 11 is 1.70. The summed E-state index contributed by atoms with van der Waals surface area (Å²) in [6.07, 6.45) is 0. The van der Waals surface area contributed by atoms with Gasteiger partial charge >= 0.3 is 5.69 Å². The van der Waals surface area contributed by atoms with Gasteiger partial charge in [0.1, 0.15) is 17.4 Å². The zero-order valence-electron chi connectivity index (χ0n) is 17.6. The maximum absolute atomic E-state index is 12.3. The lowest BCUT2D eigenvalue weighted by Crippen LogP contribution is -2.23. The Balaban J connectivity index is 1.61. The smallest absolute Gasteiger partial charge is 0.368 e. The molecule has 0 N–H and O–H groups in total. The van der Waals surface area contributed by atoms with Crippen molar-refractivity contribution in [1.82, 2.24) is 24.8 Å². The molecule has 0 atom stereocenters. The van der Waals surface area contributed by atoms with Gasteiger partial charge in [0.05, 0.1) is 11.4 Å². The molecule has 0 radical (unpaired) electrons. The van der Waals surface area contributed by atoms with Gasteiger partial charge in [0.15, 0.2) is 0 Å². The summed E-state index contributed by atoms with van der Waals surface area (Å²) in [5, 5.41) is 8.80. The van der Waals surface area contributed by atoms with Crippen LogP contribution < -0.4 is 10.4 Å². The minimum atomic E-state index is -0.295. The Kier molecular flexibility index (Phi) is 5.26. The van der Waals surface area contributed by atoms with Crippen molar-refractivity contribution in [3.8, 4) is 22.0 Å². The van der Waals surface area contributed by atoms with Gasteiger partial charge < -0.3 is 4.74 Å². The zero-order chi connectivity index (χ0) is 21.4. The maximum atomic E-state index is 12.3. The Morgan fingerprint density at radius 1 is 1.03 bits per heavy atom. The first-order valence-electron chi connectivity index (χ1n) is 9.61. The van der Waals surface area contributed by atoms with Crippen LogP contribution in [-0.4, -0.2) is 24.8 Å². The van der Waals surface area contributed by atoms with Crippen LogP contribution in [0.3, 0.4) is 0 Å². The van der Waals surface area contributed by atoms with Crippen molar-refractivity contribution >= 4 is 11.3 Å². The van der Waals surface area contributed by atoms with E-state index in [9.17, 15) is 4.79 Å². The molecule has 0 unspecified atom stereocenters. The number of aryl methyl sites for hydroxylation is 5. The molecule has 30 heavy (non-hydrogen) atoms. The van der Waals surface area contributed by atoms with Crippen LogP contribution in [0.5, 0.6) is 5.75 Å². The lowest BCUT2D eigenvalue weighted by molar-refractivity contribution is 0.302. The molecule has 0 aliphatic heterocycles. The van der Waals surface area contributed by atoms with Crippen molar-refractivity contribution < 1.29 is 4.74 Å². The minimum absolute atomic E-state index is 0.295. The third-order valence-electron chi connectivity index (χ3n) is 5.16. The third-order valence-corrected chi connectivity index (χ3v) is 6.28. The SMILES string of the molecule is Cc1cc(-c2nc(C)c(C)s2)ccc1OCc1c(C)cccc1-n1nnn(C)c1=O. The normalized spacial score (nSPS) is 11.1. The third kappa shape index (κ3) is 3.66. The predicted octanol–water partition coefficient (Wildman–Crippen LogP) is 3.90. The molecule has 2 aromatic carbocycles. The van der Waals surface area contributed by atoms with Gasteiger partial charge in [-0.25, -0.2) is 9.78 Å². The van der Waals surface area contributed by atoms with Crippen LogP contribution in [0.15, 0.2) is 41.2 Å². The van der Waals surface area contributed by atoms with Crippen LogP contribution in [0.2, 0.25) is 0 Å². The van der Waals surface area contributed by atoms with Crippen LogP contribution in [0, 0.1) is 27.7 Å². The summed E-state index contributed by atoms with van der Waals surface area (Å²) in [7, 11) is 1.58. The van der Waals surface area contributed by atoms with Crippen LogP contribution in [0.25, 0.3) is 16.3 Å². The number of thiazole rings is 1. The summed E-state index contributed by atoms with van der Waals surface area (Å²) in [6, 6.07) is 11.8. The summed E-state index contributed by atoms with van der Waals surface area (Å²) in [6.45, 7) is 8.45. The molecule has 0 bridgehead atoms. The Bertz CT molecular complexity index is 1270. The van der Waals surface area contributed by atoms with Gasteiger partial charge in [-0.3, -0.25) is 0 Å². The van der Waals surface area contributed by atoms with Gasteiger partial charge in [-0.2, -0.15) is 9.36 Å². The zero-order valence-corrected chi connectivity index (χ0v) is 18.4. The second-order valence-corrected chi connectivity index (χ2v) is 8.50. The molecule has 0 aliphatic carbocycles. The highest BCUT2D eigenvalue weighted by atomic mass is 32.1. The largest absolute Gasteiger partial charge is 0.489 e. The van der Waals surface area contributed by atoms with Crippen molar-refractivity contribution in [1.29, 1.82) is 0 Å². The number of benzene rings is 2. The van der Waals surface area contributed by atoms with E-state index in [-0.39, 0.29) is 5.69 Å². The lowest BCUT2D eigenvalue weighted by Gasteiger charge is -2.14. The quantitative estimate of drug-likeness (QED) is 0.489. The van der Waals surface area contributed by atoms with Crippen LogP contribution >= 0.6 is 11.3 Å². The first-order chi connectivity index (χ1) is 14.3. The molecule has 2 heterocycles. The number of aromatic nitrogens is 5. The molecular weight excluding hydrogens is 398 g/mol. The van der Waals surface area contributed by atoms with Crippen LogP contribution in [-0.2, 0) is 13.7 Å². The molecule has 7 nitrogen and oxygen atoms in total. The fraction of sp³-hybridized carbons (Fsp3) is 0.273. The van der Waals surface area contributed by atoms with Gasteiger partial charge in [-0.1, -0.05) is 12.1 Å². The topological polar surface area (TPSA) is 74.8 Å². The van der Waals surface area contributed by atoms with Gasteiger partial charge in [0.25, 0.3) is 0 Å². The number of ether oxygens (including phenoxy) is 1. The van der Waals surface area contributed by atoms with E-state index in [0.717, 1.165) is 38.7 Å². The highest BCUT2D eigenvalue weighted by Crippen LogP contribution is 2.31. The van der Waals surface area contributed by atoms with E-state index in [0.29, 0.717) is 12.3 Å². The fourth-order valence-corrected chi connectivity index (χ4v) is 4.14. The summed E-state index contributed by atoms with van der Waals surface area (Å²) < 4.78 is 8.65. The van der Waals surface area contributed by atoms with Gasteiger partial charge in [-0.15, -0.1) is 11.3 Å². The molecular formula is C22H23N5O2S. The molecule has 0 spiro atoms. The van der Waals surface area contributed by atoms with E-state index in [1.165, 1.54) is 14.2 Å².